The third-order valence-corrected chi connectivity index (χ3v) is 3.23. The minimum atomic E-state index is -0.435. The number of carbonyl (C=O) groups excluding carboxylic acids is 1. The van der Waals surface area contributed by atoms with Crippen LogP contribution in [0.15, 0.2) is 18.2 Å². The average molecular weight is 294 g/mol. The van der Waals surface area contributed by atoms with Gasteiger partial charge in [-0.25, -0.2) is 4.79 Å². The van der Waals surface area contributed by atoms with Gasteiger partial charge in [0.2, 0.25) is 0 Å². The Balaban J connectivity index is 2.34. The lowest BCUT2D eigenvalue weighted by atomic mass is 10.1. The lowest BCUT2D eigenvalue weighted by Gasteiger charge is -2.09. The zero-order valence-corrected chi connectivity index (χ0v) is 13.1. The standard InChI is InChI=1S/C17H26O4/c1-3-5-6-7-8-9-12-21-16-11-10-14(13-15(16)18)17(19)20-4-2/h10-11,13,18H,3-9,12H2,1-2H3. The van der Waals surface area contributed by atoms with Gasteiger partial charge in [-0.2, -0.15) is 0 Å². The number of rotatable bonds is 10. The zero-order valence-electron chi connectivity index (χ0n) is 13.1. The first-order chi connectivity index (χ1) is 10.2. The number of esters is 1. The highest BCUT2D eigenvalue weighted by Crippen LogP contribution is 2.27. The van der Waals surface area contributed by atoms with Crippen molar-refractivity contribution < 1.29 is 19.4 Å². The predicted octanol–water partition coefficient (Wildman–Crippen LogP) is 4.31. The lowest BCUT2D eigenvalue weighted by molar-refractivity contribution is 0.0526. The van der Waals surface area contributed by atoms with Gasteiger partial charge < -0.3 is 14.6 Å². The van der Waals surface area contributed by atoms with E-state index in [1.165, 1.54) is 31.7 Å². The summed E-state index contributed by atoms with van der Waals surface area (Å²) < 4.78 is 10.4. The summed E-state index contributed by atoms with van der Waals surface area (Å²) in [4.78, 5) is 11.5. The molecule has 0 atom stereocenters. The first-order valence-electron chi connectivity index (χ1n) is 7.82. The van der Waals surface area contributed by atoms with Crippen molar-refractivity contribution in [1.29, 1.82) is 0 Å². The summed E-state index contributed by atoms with van der Waals surface area (Å²) in [6.45, 7) is 4.84. The SMILES string of the molecule is CCCCCCCCOc1ccc(C(=O)OCC)cc1O. The van der Waals surface area contributed by atoms with Crippen LogP contribution < -0.4 is 4.74 Å². The number of phenolic OH excluding ortho intramolecular Hbond substituents is 1. The van der Waals surface area contributed by atoms with Gasteiger partial charge in [-0.3, -0.25) is 0 Å². The first kappa shape index (κ1) is 17.3. The van der Waals surface area contributed by atoms with Gasteiger partial charge in [0.1, 0.15) is 0 Å². The Hall–Kier alpha value is -1.71. The van der Waals surface area contributed by atoms with Crippen LogP contribution in [0.5, 0.6) is 11.5 Å². The van der Waals surface area contributed by atoms with Gasteiger partial charge in [-0.05, 0) is 31.5 Å². The van der Waals surface area contributed by atoms with E-state index in [1.807, 2.05) is 0 Å². The minimum Gasteiger partial charge on any atom is -0.504 e. The number of hydrogen-bond donors (Lipinski definition) is 1. The van der Waals surface area contributed by atoms with Gasteiger partial charge >= 0.3 is 5.97 Å². The predicted molar refractivity (Wildman–Crippen MR) is 82.9 cm³/mol. The zero-order chi connectivity index (χ0) is 15.5. The highest BCUT2D eigenvalue weighted by molar-refractivity contribution is 5.90. The molecule has 118 valence electrons. The van der Waals surface area contributed by atoms with E-state index >= 15 is 0 Å². The summed E-state index contributed by atoms with van der Waals surface area (Å²) in [6, 6.07) is 4.60. The normalized spacial score (nSPS) is 10.4. The van der Waals surface area contributed by atoms with E-state index in [9.17, 15) is 9.90 Å². The molecule has 1 N–H and O–H groups in total. The van der Waals surface area contributed by atoms with E-state index < -0.39 is 5.97 Å². The Morgan fingerprint density at radius 2 is 1.81 bits per heavy atom. The smallest absolute Gasteiger partial charge is 0.338 e. The van der Waals surface area contributed by atoms with Crippen LogP contribution in [-0.2, 0) is 4.74 Å². The van der Waals surface area contributed by atoms with Crippen molar-refractivity contribution in [3.05, 3.63) is 23.8 Å². The van der Waals surface area contributed by atoms with Crippen molar-refractivity contribution in [1.82, 2.24) is 0 Å². The molecule has 0 unspecified atom stereocenters. The van der Waals surface area contributed by atoms with Crippen molar-refractivity contribution in [2.45, 2.75) is 52.4 Å². The Labute approximate surface area is 127 Å². The molecule has 0 spiro atoms. The van der Waals surface area contributed by atoms with E-state index in [0.29, 0.717) is 24.5 Å². The molecule has 4 heteroatoms. The molecule has 21 heavy (non-hydrogen) atoms. The molecule has 1 rings (SSSR count). The van der Waals surface area contributed by atoms with E-state index in [4.69, 9.17) is 9.47 Å². The highest BCUT2D eigenvalue weighted by Gasteiger charge is 2.10. The fourth-order valence-corrected chi connectivity index (χ4v) is 2.05. The fourth-order valence-electron chi connectivity index (χ4n) is 2.05. The number of benzene rings is 1. The van der Waals surface area contributed by atoms with E-state index in [-0.39, 0.29) is 5.75 Å². The quantitative estimate of drug-likeness (QED) is 0.516. The summed E-state index contributed by atoms with van der Waals surface area (Å²) >= 11 is 0. The lowest BCUT2D eigenvalue weighted by Crippen LogP contribution is -2.05. The molecule has 0 aliphatic carbocycles. The van der Waals surface area contributed by atoms with Crippen LogP contribution in [0.2, 0.25) is 0 Å². The molecule has 0 saturated heterocycles. The molecule has 0 aliphatic rings. The van der Waals surface area contributed by atoms with Crippen LogP contribution in [0.4, 0.5) is 0 Å². The average Bonchev–Trinajstić information content (AvgIpc) is 2.48. The summed E-state index contributed by atoms with van der Waals surface area (Å²) in [6.07, 6.45) is 7.15. The summed E-state index contributed by atoms with van der Waals surface area (Å²) in [5.41, 5.74) is 0.335. The van der Waals surface area contributed by atoms with Gasteiger partial charge in [-0.15, -0.1) is 0 Å². The topological polar surface area (TPSA) is 55.8 Å². The van der Waals surface area contributed by atoms with Crippen molar-refractivity contribution >= 4 is 5.97 Å². The first-order valence-corrected chi connectivity index (χ1v) is 7.82. The monoisotopic (exact) mass is 294 g/mol. The minimum absolute atomic E-state index is 0.0217. The maximum absolute atomic E-state index is 11.5. The van der Waals surface area contributed by atoms with Crippen molar-refractivity contribution in [2.75, 3.05) is 13.2 Å². The molecule has 0 bridgehead atoms. The molecule has 1 aromatic carbocycles. The van der Waals surface area contributed by atoms with Gasteiger partial charge in [0.15, 0.2) is 11.5 Å². The van der Waals surface area contributed by atoms with Crippen LogP contribution in [0.3, 0.4) is 0 Å². The molecule has 0 amide bonds. The van der Waals surface area contributed by atoms with Crippen LogP contribution in [-0.4, -0.2) is 24.3 Å². The molecule has 0 radical (unpaired) electrons. The van der Waals surface area contributed by atoms with E-state index in [2.05, 4.69) is 6.92 Å². The molecule has 4 nitrogen and oxygen atoms in total. The molecular weight excluding hydrogens is 268 g/mol. The summed E-state index contributed by atoms with van der Waals surface area (Å²) in [5.74, 6) is -0.0431. The molecule has 1 aromatic rings. The number of phenols is 1. The number of ether oxygens (including phenoxy) is 2. The third kappa shape index (κ3) is 6.52. The van der Waals surface area contributed by atoms with Gasteiger partial charge in [0, 0.05) is 0 Å². The van der Waals surface area contributed by atoms with Crippen molar-refractivity contribution in [3.8, 4) is 11.5 Å². The van der Waals surface area contributed by atoms with Crippen LogP contribution >= 0.6 is 0 Å². The Morgan fingerprint density at radius 1 is 1.10 bits per heavy atom. The second-order valence-electron chi connectivity index (χ2n) is 5.02. The number of aromatic hydroxyl groups is 1. The third-order valence-electron chi connectivity index (χ3n) is 3.23. The Kier molecular flexibility index (Phi) is 8.32. The largest absolute Gasteiger partial charge is 0.504 e. The molecule has 0 heterocycles. The maximum Gasteiger partial charge on any atom is 0.338 e. The number of hydrogen-bond acceptors (Lipinski definition) is 4. The van der Waals surface area contributed by atoms with E-state index in [0.717, 1.165) is 12.8 Å². The molecule has 0 saturated carbocycles. The van der Waals surface area contributed by atoms with Crippen molar-refractivity contribution in [3.63, 3.8) is 0 Å². The summed E-state index contributed by atoms with van der Waals surface area (Å²) in [7, 11) is 0. The highest BCUT2D eigenvalue weighted by atomic mass is 16.5. The maximum atomic E-state index is 11.5. The van der Waals surface area contributed by atoms with Crippen LogP contribution in [0, 0.1) is 0 Å². The number of carbonyl (C=O) groups is 1. The van der Waals surface area contributed by atoms with Gasteiger partial charge in [0.05, 0.1) is 18.8 Å². The Morgan fingerprint density at radius 3 is 2.48 bits per heavy atom. The molecule has 0 fully saturated rings. The number of unbranched alkanes of at least 4 members (excludes halogenated alkanes) is 5. The van der Waals surface area contributed by atoms with Crippen molar-refractivity contribution in [2.24, 2.45) is 0 Å². The van der Waals surface area contributed by atoms with E-state index in [1.54, 1.807) is 19.1 Å². The van der Waals surface area contributed by atoms with Crippen LogP contribution in [0.1, 0.15) is 62.7 Å². The van der Waals surface area contributed by atoms with Gasteiger partial charge in [0.25, 0.3) is 0 Å². The fraction of sp³-hybridized carbons (Fsp3) is 0.588. The summed E-state index contributed by atoms with van der Waals surface area (Å²) in [5, 5.41) is 9.85. The molecule has 0 aromatic heterocycles. The molecular formula is C17H26O4. The van der Waals surface area contributed by atoms with Crippen LogP contribution in [0.25, 0.3) is 0 Å². The molecule has 0 aliphatic heterocycles. The second-order valence-corrected chi connectivity index (χ2v) is 5.02. The van der Waals surface area contributed by atoms with Gasteiger partial charge in [-0.1, -0.05) is 39.0 Å². The second kappa shape index (κ2) is 10.1. The Bertz CT molecular complexity index is 429.